The summed E-state index contributed by atoms with van der Waals surface area (Å²) in [6.07, 6.45) is -3.62. The van der Waals surface area contributed by atoms with Gasteiger partial charge in [-0.1, -0.05) is 0 Å². The van der Waals surface area contributed by atoms with Crippen LogP contribution in [0.25, 0.3) is 0 Å². The maximum atomic E-state index is 12.4. The fourth-order valence-corrected chi connectivity index (χ4v) is 1.29. The van der Waals surface area contributed by atoms with E-state index in [1.54, 1.807) is 0 Å². The largest absolute Gasteiger partial charge is 0.506 e. The van der Waals surface area contributed by atoms with Crippen molar-refractivity contribution in [3.63, 3.8) is 0 Å². The SMILES string of the molecule is Cc1ncc(CO)c([C@@H](N)C(F)(F)F)c1O. The van der Waals surface area contributed by atoms with Gasteiger partial charge in [-0.15, -0.1) is 0 Å². The second-order valence-corrected chi connectivity index (χ2v) is 3.31. The lowest BCUT2D eigenvalue weighted by Crippen LogP contribution is -2.29. The lowest BCUT2D eigenvalue weighted by atomic mass is 10.0. The Bertz CT molecular complexity index is 393. The molecule has 0 unspecified atom stereocenters. The molecule has 0 aliphatic heterocycles. The van der Waals surface area contributed by atoms with Crippen LogP contribution in [0.5, 0.6) is 5.75 Å². The Morgan fingerprint density at radius 1 is 1.50 bits per heavy atom. The standard InChI is InChI=1S/C9H11F3N2O2/c1-4-7(16)6(5(3-15)2-14-4)8(13)9(10,11)12/h2,8,15-16H,3,13H2,1H3/t8-/m1/s1. The van der Waals surface area contributed by atoms with Crippen LogP contribution >= 0.6 is 0 Å². The van der Waals surface area contributed by atoms with Gasteiger partial charge in [0.05, 0.1) is 12.3 Å². The molecule has 0 amide bonds. The number of hydrogen-bond acceptors (Lipinski definition) is 4. The molecule has 1 heterocycles. The fraction of sp³-hybridized carbons (Fsp3) is 0.444. The van der Waals surface area contributed by atoms with Crippen molar-refractivity contribution in [2.45, 2.75) is 25.7 Å². The van der Waals surface area contributed by atoms with Crippen molar-refractivity contribution in [2.24, 2.45) is 5.73 Å². The Balaban J connectivity index is 3.35. The summed E-state index contributed by atoms with van der Waals surface area (Å²) in [4.78, 5) is 3.64. The number of halogens is 3. The van der Waals surface area contributed by atoms with Gasteiger partial charge in [-0.05, 0) is 6.92 Å². The van der Waals surface area contributed by atoms with Crippen LogP contribution in [-0.4, -0.2) is 21.4 Å². The smallest absolute Gasteiger partial charge is 0.407 e. The van der Waals surface area contributed by atoms with Crippen molar-refractivity contribution >= 4 is 0 Å². The Hall–Kier alpha value is -1.34. The molecule has 7 heteroatoms. The number of aromatic hydroxyl groups is 1. The Kier molecular flexibility index (Phi) is 3.39. The van der Waals surface area contributed by atoms with E-state index in [1.807, 2.05) is 0 Å². The third-order valence-electron chi connectivity index (χ3n) is 2.19. The van der Waals surface area contributed by atoms with Crippen LogP contribution in [0.1, 0.15) is 22.9 Å². The Morgan fingerprint density at radius 3 is 2.50 bits per heavy atom. The molecule has 0 bridgehead atoms. The molecule has 0 saturated carbocycles. The van der Waals surface area contributed by atoms with Crippen LogP contribution in [0.2, 0.25) is 0 Å². The molecule has 4 N–H and O–H groups in total. The molecule has 90 valence electrons. The predicted molar refractivity (Wildman–Crippen MR) is 49.5 cm³/mol. The molecule has 1 atom stereocenters. The number of hydrogen-bond donors (Lipinski definition) is 3. The van der Waals surface area contributed by atoms with Crippen molar-refractivity contribution in [2.75, 3.05) is 0 Å². The number of aryl methyl sites for hydroxylation is 1. The van der Waals surface area contributed by atoms with Crippen LogP contribution in [0.4, 0.5) is 13.2 Å². The van der Waals surface area contributed by atoms with Gasteiger partial charge in [0, 0.05) is 17.3 Å². The van der Waals surface area contributed by atoms with E-state index in [4.69, 9.17) is 10.8 Å². The quantitative estimate of drug-likeness (QED) is 0.719. The lowest BCUT2D eigenvalue weighted by Gasteiger charge is -2.20. The number of aromatic nitrogens is 1. The lowest BCUT2D eigenvalue weighted by molar-refractivity contribution is -0.149. The molecular weight excluding hydrogens is 225 g/mol. The molecule has 0 saturated heterocycles. The first-order chi connectivity index (χ1) is 7.29. The van der Waals surface area contributed by atoms with Crippen LogP contribution in [0.3, 0.4) is 0 Å². The van der Waals surface area contributed by atoms with Crippen molar-refractivity contribution in [3.05, 3.63) is 23.0 Å². The minimum Gasteiger partial charge on any atom is -0.506 e. The zero-order valence-corrected chi connectivity index (χ0v) is 8.41. The molecule has 16 heavy (non-hydrogen) atoms. The molecule has 0 aromatic carbocycles. The third kappa shape index (κ3) is 2.25. The van der Waals surface area contributed by atoms with Gasteiger partial charge >= 0.3 is 6.18 Å². The van der Waals surface area contributed by atoms with Crippen molar-refractivity contribution < 1.29 is 23.4 Å². The molecule has 1 aromatic rings. The molecule has 0 spiro atoms. The van der Waals surface area contributed by atoms with Crippen LogP contribution in [-0.2, 0) is 6.61 Å². The highest BCUT2D eigenvalue weighted by Crippen LogP contribution is 2.37. The van der Waals surface area contributed by atoms with Gasteiger partial charge in [0.15, 0.2) is 0 Å². The topological polar surface area (TPSA) is 79.4 Å². The van der Waals surface area contributed by atoms with Gasteiger partial charge in [0.2, 0.25) is 0 Å². The van der Waals surface area contributed by atoms with Gasteiger partial charge in [-0.2, -0.15) is 13.2 Å². The van der Waals surface area contributed by atoms with Crippen molar-refractivity contribution in [1.82, 2.24) is 4.98 Å². The normalized spacial score (nSPS) is 13.9. The average Bonchev–Trinajstić information content (AvgIpc) is 2.19. The summed E-state index contributed by atoms with van der Waals surface area (Å²) >= 11 is 0. The maximum Gasteiger partial charge on any atom is 0.407 e. The maximum absolute atomic E-state index is 12.4. The number of pyridine rings is 1. The summed E-state index contributed by atoms with van der Waals surface area (Å²) in [7, 11) is 0. The van der Waals surface area contributed by atoms with E-state index in [9.17, 15) is 18.3 Å². The third-order valence-corrected chi connectivity index (χ3v) is 2.19. The minimum atomic E-state index is -4.69. The summed E-state index contributed by atoms with van der Waals surface area (Å²) in [6, 6.07) is -2.34. The average molecular weight is 236 g/mol. The van der Waals surface area contributed by atoms with E-state index < -0.39 is 30.1 Å². The van der Waals surface area contributed by atoms with E-state index in [0.29, 0.717) is 0 Å². The molecule has 1 aromatic heterocycles. The van der Waals surface area contributed by atoms with E-state index in [1.165, 1.54) is 6.92 Å². The second kappa shape index (κ2) is 4.26. The van der Waals surface area contributed by atoms with E-state index in [0.717, 1.165) is 6.20 Å². The monoisotopic (exact) mass is 236 g/mol. The summed E-state index contributed by atoms with van der Waals surface area (Å²) < 4.78 is 37.3. The molecule has 0 radical (unpaired) electrons. The van der Waals surface area contributed by atoms with Gasteiger partial charge in [0.1, 0.15) is 11.8 Å². The molecule has 0 aliphatic rings. The highest BCUT2D eigenvalue weighted by Gasteiger charge is 2.40. The van der Waals surface area contributed by atoms with Gasteiger partial charge in [0.25, 0.3) is 0 Å². The van der Waals surface area contributed by atoms with Crippen LogP contribution < -0.4 is 5.73 Å². The number of nitrogens with zero attached hydrogens (tertiary/aromatic N) is 1. The van der Waals surface area contributed by atoms with E-state index in [2.05, 4.69) is 4.98 Å². The first-order valence-electron chi connectivity index (χ1n) is 4.39. The summed E-state index contributed by atoms with van der Waals surface area (Å²) in [5.74, 6) is -0.628. The predicted octanol–water partition coefficient (Wildman–Crippen LogP) is 1.15. The first-order valence-corrected chi connectivity index (χ1v) is 4.39. The number of nitrogens with two attached hydrogens (primary N) is 1. The Labute approximate surface area is 89.5 Å². The number of aliphatic hydroxyl groups excluding tert-OH is 1. The highest BCUT2D eigenvalue weighted by molar-refractivity contribution is 5.43. The van der Waals surface area contributed by atoms with Crippen LogP contribution in [0, 0.1) is 6.92 Å². The zero-order chi connectivity index (χ0) is 12.5. The molecule has 0 aliphatic carbocycles. The zero-order valence-electron chi connectivity index (χ0n) is 8.41. The number of alkyl halides is 3. The molecule has 4 nitrogen and oxygen atoms in total. The van der Waals surface area contributed by atoms with Gasteiger partial charge in [-0.25, -0.2) is 0 Å². The summed E-state index contributed by atoms with van der Waals surface area (Å²) in [5.41, 5.74) is 4.37. The number of rotatable bonds is 2. The number of aliphatic hydroxyl groups is 1. The van der Waals surface area contributed by atoms with Gasteiger partial charge in [-0.3, -0.25) is 4.98 Å². The molecule has 0 fully saturated rings. The van der Waals surface area contributed by atoms with E-state index in [-0.39, 0.29) is 11.3 Å². The van der Waals surface area contributed by atoms with Crippen LogP contribution in [0.15, 0.2) is 6.20 Å². The Morgan fingerprint density at radius 2 is 2.06 bits per heavy atom. The molecular formula is C9H11F3N2O2. The molecule has 1 rings (SSSR count). The van der Waals surface area contributed by atoms with Crippen molar-refractivity contribution in [1.29, 1.82) is 0 Å². The fourth-order valence-electron chi connectivity index (χ4n) is 1.29. The summed E-state index contributed by atoms with van der Waals surface area (Å²) in [5, 5.41) is 18.4. The minimum absolute atomic E-state index is 0.0342. The highest BCUT2D eigenvalue weighted by atomic mass is 19.4. The van der Waals surface area contributed by atoms with E-state index >= 15 is 0 Å². The summed E-state index contributed by atoms with van der Waals surface area (Å²) in [6.45, 7) is 0.684. The van der Waals surface area contributed by atoms with Crippen molar-refractivity contribution in [3.8, 4) is 5.75 Å². The second-order valence-electron chi connectivity index (χ2n) is 3.31. The first kappa shape index (κ1) is 12.7. The van der Waals surface area contributed by atoms with Gasteiger partial charge < -0.3 is 15.9 Å².